The molecule has 0 saturated carbocycles. The smallest absolute Gasteiger partial charge is 0.227 e. The van der Waals surface area contributed by atoms with Crippen molar-refractivity contribution in [1.29, 1.82) is 0 Å². The number of fused-ring (bicyclic) bond motifs is 1. The molecule has 0 atom stereocenters. The summed E-state index contributed by atoms with van der Waals surface area (Å²) in [6, 6.07) is 8.21. The zero-order chi connectivity index (χ0) is 14.8. The number of amides is 1. The number of hydrogen-bond acceptors (Lipinski definition) is 3. The molecule has 0 radical (unpaired) electrons. The summed E-state index contributed by atoms with van der Waals surface area (Å²) in [6.07, 6.45) is 4.20. The highest BCUT2D eigenvalue weighted by Gasteiger charge is 2.07. The van der Waals surface area contributed by atoms with E-state index in [1.54, 1.807) is 6.20 Å². The van der Waals surface area contributed by atoms with Crippen LogP contribution in [0.1, 0.15) is 11.3 Å². The molecular formula is C15H14BrN3OS. The number of nitrogens with one attached hydrogen (secondary N) is 1. The van der Waals surface area contributed by atoms with Crippen LogP contribution >= 0.6 is 27.3 Å². The fraction of sp³-hybridized carbons (Fsp3) is 0.200. The molecular weight excluding hydrogens is 350 g/mol. The van der Waals surface area contributed by atoms with E-state index in [2.05, 4.69) is 49.0 Å². The number of thiazole rings is 1. The van der Waals surface area contributed by atoms with Crippen molar-refractivity contribution in [1.82, 2.24) is 9.55 Å². The van der Waals surface area contributed by atoms with Gasteiger partial charge in [0, 0.05) is 40.2 Å². The lowest BCUT2D eigenvalue weighted by atomic mass is 10.2. The molecule has 0 aliphatic heterocycles. The molecule has 0 fully saturated rings. The molecule has 108 valence electrons. The lowest BCUT2D eigenvalue weighted by Gasteiger charge is -2.06. The Morgan fingerprint density at radius 3 is 3.05 bits per heavy atom. The number of carbonyl (C=O) groups excluding carboxylic acids is 1. The van der Waals surface area contributed by atoms with Gasteiger partial charge in [-0.1, -0.05) is 22.0 Å². The number of benzene rings is 1. The maximum atomic E-state index is 12.0. The first kappa shape index (κ1) is 14.3. The Morgan fingerprint density at radius 2 is 2.29 bits per heavy atom. The van der Waals surface area contributed by atoms with E-state index >= 15 is 0 Å². The number of hydrogen-bond donors (Lipinski definition) is 1. The minimum Gasteiger partial charge on any atom is -0.347 e. The Hall–Kier alpha value is -1.66. The van der Waals surface area contributed by atoms with Crippen molar-refractivity contribution in [3.8, 4) is 0 Å². The molecule has 0 unspecified atom stereocenters. The summed E-state index contributed by atoms with van der Waals surface area (Å²) < 4.78 is 3.13. The number of nitrogens with zero attached hydrogens (tertiary/aromatic N) is 2. The molecule has 0 bridgehead atoms. The van der Waals surface area contributed by atoms with E-state index in [-0.39, 0.29) is 5.91 Å². The van der Waals surface area contributed by atoms with E-state index in [1.165, 1.54) is 16.7 Å². The zero-order valence-electron chi connectivity index (χ0n) is 11.5. The number of aryl methyl sites for hydroxylation is 2. The van der Waals surface area contributed by atoms with Crippen molar-refractivity contribution in [2.24, 2.45) is 0 Å². The van der Waals surface area contributed by atoms with Crippen LogP contribution in [0.25, 0.3) is 10.9 Å². The summed E-state index contributed by atoms with van der Waals surface area (Å²) in [5, 5.41) is 4.67. The summed E-state index contributed by atoms with van der Waals surface area (Å²) in [6.45, 7) is 2.62. The molecule has 21 heavy (non-hydrogen) atoms. The molecule has 0 saturated heterocycles. The second kappa shape index (κ2) is 5.99. The molecule has 3 aromatic rings. The van der Waals surface area contributed by atoms with Gasteiger partial charge in [0.25, 0.3) is 0 Å². The van der Waals surface area contributed by atoms with Crippen LogP contribution in [-0.4, -0.2) is 15.5 Å². The van der Waals surface area contributed by atoms with Crippen molar-refractivity contribution in [3.05, 3.63) is 46.0 Å². The minimum absolute atomic E-state index is 0.0128. The van der Waals surface area contributed by atoms with Crippen LogP contribution in [-0.2, 0) is 11.3 Å². The van der Waals surface area contributed by atoms with Gasteiger partial charge in [0.15, 0.2) is 5.13 Å². The Bertz CT molecular complexity index is 793. The van der Waals surface area contributed by atoms with Crippen LogP contribution in [0.2, 0.25) is 0 Å². The van der Waals surface area contributed by atoms with E-state index in [1.807, 2.05) is 19.2 Å². The molecule has 3 rings (SSSR count). The van der Waals surface area contributed by atoms with Gasteiger partial charge in [0.05, 0.1) is 0 Å². The van der Waals surface area contributed by atoms with Crippen LogP contribution in [0, 0.1) is 6.92 Å². The zero-order valence-corrected chi connectivity index (χ0v) is 13.9. The van der Waals surface area contributed by atoms with Crippen molar-refractivity contribution in [2.75, 3.05) is 5.32 Å². The number of carbonyl (C=O) groups is 1. The summed E-state index contributed by atoms with van der Waals surface area (Å²) >= 11 is 4.97. The van der Waals surface area contributed by atoms with Crippen molar-refractivity contribution >= 4 is 49.2 Å². The molecule has 0 spiro atoms. The van der Waals surface area contributed by atoms with Crippen molar-refractivity contribution < 1.29 is 4.79 Å². The average molecular weight is 364 g/mol. The second-order valence-corrected chi connectivity index (χ2v) is 6.94. The summed E-state index contributed by atoms with van der Waals surface area (Å²) in [7, 11) is 0. The summed E-state index contributed by atoms with van der Waals surface area (Å²) in [5.74, 6) is -0.0128. The van der Waals surface area contributed by atoms with Gasteiger partial charge >= 0.3 is 0 Å². The number of rotatable bonds is 4. The van der Waals surface area contributed by atoms with Crippen LogP contribution in [0.5, 0.6) is 0 Å². The molecule has 1 N–H and O–H groups in total. The van der Waals surface area contributed by atoms with Gasteiger partial charge in [0.2, 0.25) is 5.91 Å². The Balaban J connectivity index is 1.66. The lowest BCUT2D eigenvalue weighted by Crippen LogP contribution is -2.13. The average Bonchev–Trinajstić information content (AvgIpc) is 3.03. The third-order valence-electron chi connectivity index (χ3n) is 3.18. The molecule has 6 heteroatoms. The minimum atomic E-state index is -0.0128. The van der Waals surface area contributed by atoms with Gasteiger partial charge in [-0.2, -0.15) is 0 Å². The van der Waals surface area contributed by atoms with Gasteiger partial charge in [0.1, 0.15) is 0 Å². The third-order valence-corrected chi connectivity index (χ3v) is 4.50. The molecule has 0 aliphatic rings. The molecule has 1 aromatic carbocycles. The number of aromatic nitrogens is 2. The van der Waals surface area contributed by atoms with Crippen LogP contribution in [0.15, 0.2) is 41.1 Å². The highest BCUT2D eigenvalue weighted by atomic mass is 79.9. The van der Waals surface area contributed by atoms with Gasteiger partial charge in [-0.25, -0.2) is 4.98 Å². The molecule has 4 nitrogen and oxygen atoms in total. The van der Waals surface area contributed by atoms with Crippen molar-refractivity contribution in [3.63, 3.8) is 0 Å². The van der Waals surface area contributed by atoms with E-state index in [0.29, 0.717) is 18.1 Å². The fourth-order valence-corrected chi connectivity index (χ4v) is 3.20. The molecule has 1 amide bonds. The first-order chi connectivity index (χ1) is 10.1. The highest BCUT2D eigenvalue weighted by Crippen LogP contribution is 2.21. The van der Waals surface area contributed by atoms with Gasteiger partial charge in [-0.3, -0.25) is 4.79 Å². The highest BCUT2D eigenvalue weighted by molar-refractivity contribution is 9.10. The van der Waals surface area contributed by atoms with Gasteiger partial charge < -0.3 is 9.88 Å². The Kier molecular flexibility index (Phi) is 4.07. The topological polar surface area (TPSA) is 46.9 Å². The van der Waals surface area contributed by atoms with E-state index < -0.39 is 0 Å². The largest absolute Gasteiger partial charge is 0.347 e. The quantitative estimate of drug-likeness (QED) is 0.754. The third kappa shape index (κ3) is 3.33. The van der Waals surface area contributed by atoms with Crippen LogP contribution in [0.4, 0.5) is 5.13 Å². The van der Waals surface area contributed by atoms with Gasteiger partial charge in [-0.15, -0.1) is 11.3 Å². The molecule has 2 heterocycles. The van der Waals surface area contributed by atoms with E-state index in [0.717, 1.165) is 14.9 Å². The maximum Gasteiger partial charge on any atom is 0.227 e. The first-order valence-corrected chi connectivity index (χ1v) is 8.19. The van der Waals surface area contributed by atoms with Crippen LogP contribution in [0.3, 0.4) is 0 Å². The van der Waals surface area contributed by atoms with E-state index in [9.17, 15) is 4.79 Å². The molecule has 0 aliphatic carbocycles. The van der Waals surface area contributed by atoms with E-state index in [4.69, 9.17) is 0 Å². The second-order valence-electron chi connectivity index (χ2n) is 4.79. The van der Waals surface area contributed by atoms with Gasteiger partial charge in [-0.05, 0) is 30.5 Å². The summed E-state index contributed by atoms with van der Waals surface area (Å²) in [5.41, 5.74) is 1.13. The number of halogens is 1. The molecule has 2 aromatic heterocycles. The number of anilines is 1. The monoisotopic (exact) mass is 363 g/mol. The SMILES string of the molecule is Cc1cnc(NC(=O)CCn2ccc3ccc(Br)cc32)s1. The Labute approximate surface area is 134 Å². The lowest BCUT2D eigenvalue weighted by molar-refractivity contribution is -0.116. The predicted octanol–water partition coefficient (Wildman–Crippen LogP) is 4.20. The summed E-state index contributed by atoms with van der Waals surface area (Å²) in [4.78, 5) is 17.2. The fourth-order valence-electron chi connectivity index (χ4n) is 2.17. The predicted molar refractivity (Wildman–Crippen MR) is 89.7 cm³/mol. The first-order valence-electron chi connectivity index (χ1n) is 6.58. The normalized spacial score (nSPS) is 11.0. The Morgan fingerprint density at radius 1 is 1.43 bits per heavy atom. The van der Waals surface area contributed by atoms with Crippen LogP contribution < -0.4 is 5.32 Å². The maximum absolute atomic E-state index is 12.0. The van der Waals surface area contributed by atoms with Crippen molar-refractivity contribution in [2.45, 2.75) is 19.9 Å². The standard InChI is InChI=1S/C15H14BrN3OS/c1-10-9-17-15(21-10)18-14(20)5-7-19-6-4-11-2-3-12(16)8-13(11)19/h2-4,6,8-9H,5,7H2,1H3,(H,17,18,20).